The van der Waals surface area contributed by atoms with Crippen LogP contribution in [0.3, 0.4) is 0 Å². The summed E-state index contributed by atoms with van der Waals surface area (Å²) in [5.41, 5.74) is 3.08. The monoisotopic (exact) mass is 388 g/mol. The molecule has 1 unspecified atom stereocenters. The number of hydrogen-bond donors (Lipinski definition) is 2. The third-order valence-corrected chi connectivity index (χ3v) is 5.80. The third kappa shape index (κ3) is 5.08. The van der Waals surface area contributed by atoms with Gasteiger partial charge in [-0.15, -0.1) is 0 Å². The minimum Gasteiger partial charge on any atom is -0.363 e. The molecule has 0 saturated heterocycles. The molecule has 1 amide bonds. The molecule has 0 spiro atoms. The van der Waals surface area contributed by atoms with Crippen molar-refractivity contribution in [3.05, 3.63) is 59.7 Å². The summed E-state index contributed by atoms with van der Waals surface area (Å²) in [5.74, 6) is -0.140. The highest BCUT2D eigenvalue weighted by atomic mass is 32.2. The van der Waals surface area contributed by atoms with Gasteiger partial charge in [0.15, 0.2) is 6.10 Å². The molecular formula is C20H24N2O4S. The topological polar surface area (TPSA) is 84.5 Å². The van der Waals surface area contributed by atoms with Gasteiger partial charge < -0.3 is 10.1 Å². The highest BCUT2D eigenvalue weighted by molar-refractivity contribution is 7.92. The van der Waals surface area contributed by atoms with Crippen molar-refractivity contribution in [1.82, 2.24) is 0 Å². The molecule has 1 aliphatic heterocycles. The van der Waals surface area contributed by atoms with E-state index in [1.165, 1.54) is 0 Å². The second kappa shape index (κ2) is 8.54. The zero-order valence-corrected chi connectivity index (χ0v) is 16.1. The van der Waals surface area contributed by atoms with Gasteiger partial charge in [-0.3, -0.25) is 9.52 Å². The van der Waals surface area contributed by atoms with Crippen LogP contribution in [0, 0.1) is 0 Å². The Kier molecular flexibility index (Phi) is 6.13. The number of hydrogen-bond acceptors (Lipinski definition) is 4. The van der Waals surface area contributed by atoms with Crippen molar-refractivity contribution in [2.45, 2.75) is 32.3 Å². The SMILES string of the molecule is CCCCS(=O)(=O)Nc1ccc(NC(=O)C2OCCc3ccccc32)cc1. The van der Waals surface area contributed by atoms with Gasteiger partial charge >= 0.3 is 0 Å². The molecule has 2 aromatic carbocycles. The number of carbonyl (C=O) groups excluding carboxylic acids is 1. The lowest BCUT2D eigenvalue weighted by Gasteiger charge is -2.25. The summed E-state index contributed by atoms with van der Waals surface area (Å²) in [5, 5.41) is 2.84. The van der Waals surface area contributed by atoms with E-state index in [0.717, 1.165) is 24.0 Å². The fourth-order valence-electron chi connectivity index (χ4n) is 3.01. The molecule has 0 saturated carbocycles. The lowest BCUT2D eigenvalue weighted by molar-refractivity contribution is -0.128. The van der Waals surface area contributed by atoms with E-state index in [2.05, 4.69) is 10.0 Å². The Morgan fingerprint density at radius 1 is 1.11 bits per heavy atom. The van der Waals surface area contributed by atoms with Crippen molar-refractivity contribution >= 4 is 27.3 Å². The standard InChI is InChI=1S/C20H24N2O4S/c1-2-3-14-27(24,25)22-17-10-8-16(9-11-17)21-20(23)19-18-7-5-4-6-15(18)12-13-26-19/h4-11,19,22H,2-3,12-14H2,1H3,(H,21,23). The summed E-state index contributed by atoms with van der Waals surface area (Å²) in [4.78, 5) is 12.6. The highest BCUT2D eigenvalue weighted by Gasteiger charge is 2.27. The molecule has 6 nitrogen and oxygen atoms in total. The van der Waals surface area contributed by atoms with E-state index < -0.39 is 16.1 Å². The second-order valence-corrected chi connectivity index (χ2v) is 8.38. The molecule has 3 rings (SSSR count). The molecule has 144 valence electrons. The molecule has 0 fully saturated rings. The van der Waals surface area contributed by atoms with Crippen LogP contribution in [0.2, 0.25) is 0 Å². The fourth-order valence-corrected chi connectivity index (χ4v) is 4.27. The van der Waals surface area contributed by atoms with Crippen LogP contribution >= 0.6 is 0 Å². The van der Waals surface area contributed by atoms with Crippen LogP contribution in [0.1, 0.15) is 37.0 Å². The molecule has 7 heteroatoms. The van der Waals surface area contributed by atoms with E-state index in [9.17, 15) is 13.2 Å². The number of ether oxygens (including phenoxy) is 1. The summed E-state index contributed by atoms with van der Waals surface area (Å²) in [6.45, 7) is 2.45. The van der Waals surface area contributed by atoms with E-state index in [0.29, 0.717) is 24.4 Å². The van der Waals surface area contributed by atoms with Crippen molar-refractivity contribution in [2.75, 3.05) is 22.4 Å². The maximum atomic E-state index is 12.6. The van der Waals surface area contributed by atoms with E-state index in [4.69, 9.17) is 4.74 Å². The van der Waals surface area contributed by atoms with Crippen LogP contribution in [-0.4, -0.2) is 26.7 Å². The average molecular weight is 388 g/mol. The van der Waals surface area contributed by atoms with Gasteiger partial charge in [0.05, 0.1) is 12.4 Å². The molecule has 0 aromatic heterocycles. The van der Waals surface area contributed by atoms with Crippen LogP contribution in [-0.2, 0) is 26.0 Å². The molecule has 27 heavy (non-hydrogen) atoms. The number of unbranched alkanes of at least 4 members (excludes halogenated alkanes) is 1. The van der Waals surface area contributed by atoms with Gasteiger partial charge in [0.2, 0.25) is 10.0 Å². The first-order valence-electron chi connectivity index (χ1n) is 9.09. The fraction of sp³-hybridized carbons (Fsp3) is 0.350. The first kappa shape index (κ1) is 19.4. The quantitative estimate of drug-likeness (QED) is 0.760. The van der Waals surface area contributed by atoms with Gasteiger partial charge in [-0.25, -0.2) is 8.42 Å². The largest absolute Gasteiger partial charge is 0.363 e. The Labute approximate surface area is 160 Å². The van der Waals surface area contributed by atoms with E-state index in [-0.39, 0.29) is 11.7 Å². The van der Waals surface area contributed by atoms with Gasteiger partial charge in [-0.05, 0) is 48.2 Å². The maximum Gasteiger partial charge on any atom is 0.258 e. The van der Waals surface area contributed by atoms with Gasteiger partial charge in [0.1, 0.15) is 0 Å². The number of anilines is 2. The van der Waals surface area contributed by atoms with Crippen molar-refractivity contribution in [2.24, 2.45) is 0 Å². The zero-order valence-electron chi connectivity index (χ0n) is 15.3. The molecule has 0 radical (unpaired) electrons. The smallest absolute Gasteiger partial charge is 0.258 e. The normalized spacial score (nSPS) is 16.4. The number of sulfonamides is 1. The van der Waals surface area contributed by atoms with Crippen LogP contribution < -0.4 is 10.0 Å². The number of rotatable bonds is 7. The van der Waals surface area contributed by atoms with Crippen molar-refractivity contribution in [3.8, 4) is 0 Å². The highest BCUT2D eigenvalue weighted by Crippen LogP contribution is 2.28. The molecular weight excluding hydrogens is 364 g/mol. The van der Waals surface area contributed by atoms with Gasteiger partial charge in [-0.2, -0.15) is 0 Å². The minimum atomic E-state index is -3.34. The third-order valence-electron chi connectivity index (χ3n) is 4.42. The number of fused-ring (bicyclic) bond motifs is 1. The molecule has 1 atom stereocenters. The van der Waals surface area contributed by atoms with Crippen LogP contribution in [0.15, 0.2) is 48.5 Å². The number of amides is 1. The van der Waals surface area contributed by atoms with Crippen LogP contribution in [0.4, 0.5) is 11.4 Å². The average Bonchev–Trinajstić information content (AvgIpc) is 2.67. The van der Waals surface area contributed by atoms with Gasteiger partial charge in [0.25, 0.3) is 5.91 Å². The Morgan fingerprint density at radius 2 is 1.81 bits per heavy atom. The van der Waals surface area contributed by atoms with Gasteiger partial charge in [-0.1, -0.05) is 37.6 Å². The van der Waals surface area contributed by atoms with Crippen molar-refractivity contribution in [1.29, 1.82) is 0 Å². The van der Waals surface area contributed by atoms with Crippen LogP contribution in [0.25, 0.3) is 0 Å². The first-order chi connectivity index (χ1) is 13.0. The molecule has 2 N–H and O–H groups in total. The molecule has 1 aliphatic rings. The number of benzene rings is 2. The summed E-state index contributed by atoms with van der Waals surface area (Å²) in [6, 6.07) is 14.4. The number of carbonyl (C=O) groups is 1. The summed E-state index contributed by atoms with van der Waals surface area (Å²) < 4.78 is 32.1. The maximum absolute atomic E-state index is 12.6. The van der Waals surface area contributed by atoms with Gasteiger partial charge in [0, 0.05) is 11.4 Å². The lowest BCUT2D eigenvalue weighted by atomic mass is 9.97. The Morgan fingerprint density at radius 3 is 2.56 bits per heavy atom. The Bertz CT molecular complexity index is 894. The van der Waals surface area contributed by atoms with E-state index in [1.54, 1.807) is 24.3 Å². The van der Waals surface area contributed by atoms with Crippen LogP contribution in [0.5, 0.6) is 0 Å². The molecule has 1 heterocycles. The number of nitrogens with one attached hydrogen (secondary N) is 2. The summed E-state index contributed by atoms with van der Waals surface area (Å²) in [6.07, 6.45) is 1.60. The predicted molar refractivity (Wildman–Crippen MR) is 106 cm³/mol. The predicted octanol–water partition coefficient (Wildman–Crippen LogP) is 3.48. The molecule has 0 aliphatic carbocycles. The van der Waals surface area contributed by atoms with E-state index >= 15 is 0 Å². The van der Waals surface area contributed by atoms with Crippen molar-refractivity contribution in [3.63, 3.8) is 0 Å². The summed E-state index contributed by atoms with van der Waals surface area (Å²) >= 11 is 0. The first-order valence-corrected chi connectivity index (χ1v) is 10.7. The lowest BCUT2D eigenvalue weighted by Crippen LogP contribution is -2.28. The zero-order chi connectivity index (χ0) is 19.3. The summed E-state index contributed by atoms with van der Waals surface area (Å²) in [7, 11) is -3.34. The second-order valence-electron chi connectivity index (χ2n) is 6.54. The van der Waals surface area contributed by atoms with E-state index in [1.807, 2.05) is 31.2 Å². The molecule has 0 bridgehead atoms. The minimum absolute atomic E-state index is 0.0976. The van der Waals surface area contributed by atoms with Crippen molar-refractivity contribution < 1.29 is 17.9 Å². The Hall–Kier alpha value is -2.38. The molecule has 2 aromatic rings. The Balaban J connectivity index is 1.64.